The Morgan fingerprint density at radius 2 is 2.07 bits per heavy atom. The first-order valence-corrected chi connectivity index (χ1v) is 12.1. The molecule has 0 saturated heterocycles. The molecule has 0 amide bonds. The van der Waals surface area contributed by atoms with Gasteiger partial charge < -0.3 is 4.79 Å². The highest BCUT2D eigenvalue weighted by molar-refractivity contribution is 5.54. The van der Waals surface area contributed by atoms with E-state index in [9.17, 15) is 4.79 Å². The van der Waals surface area contributed by atoms with Gasteiger partial charge in [-0.1, -0.05) is 62.1 Å². The Labute approximate surface area is 185 Å². The number of aldehydes is 1. The Morgan fingerprint density at radius 1 is 1.33 bits per heavy atom. The first-order valence-electron chi connectivity index (χ1n) is 12.1. The number of carbonyl (C=O) groups is 1. The summed E-state index contributed by atoms with van der Waals surface area (Å²) in [5, 5.41) is 0. The lowest BCUT2D eigenvalue weighted by molar-refractivity contribution is -0.112. The predicted octanol–water partition coefficient (Wildman–Crippen LogP) is 7.54. The van der Waals surface area contributed by atoms with Crippen LogP contribution in [0.25, 0.3) is 0 Å². The number of hydrogen-bond acceptors (Lipinski definition) is 1. The molecule has 0 aromatic heterocycles. The van der Waals surface area contributed by atoms with Crippen molar-refractivity contribution in [2.24, 2.45) is 40.4 Å². The maximum absolute atomic E-state index is 11.5. The normalized spacial score (nSPS) is 36.5. The molecule has 0 heterocycles. The molecular formula is C29H42O. The molecular weight excluding hydrogens is 364 g/mol. The van der Waals surface area contributed by atoms with Crippen LogP contribution >= 0.6 is 0 Å². The highest BCUT2D eigenvalue weighted by Crippen LogP contribution is 2.57. The van der Waals surface area contributed by atoms with E-state index in [1.807, 2.05) is 0 Å². The monoisotopic (exact) mass is 406 g/mol. The standard InChI is InChI=1S/C29H42O/c1-20(10-8-14-28(4,5)6)26-12-13-27-24(11-9-15-29(26,27)7)18-25-17-23(19-30)16-21(2)22(25)3/h12,18-21,23,25,27H,3,9-11,13,15-17H2,1-2,4-7H3. The van der Waals surface area contributed by atoms with Crippen LogP contribution in [-0.4, -0.2) is 6.29 Å². The maximum atomic E-state index is 11.5. The van der Waals surface area contributed by atoms with Crippen molar-refractivity contribution in [3.05, 3.63) is 35.5 Å². The first-order chi connectivity index (χ1) is 14.0. The minimum atomic E-state index is 0.0792. The molecule has 6 unspecified atom stereocenters. The predicted molar refractivity (Wildman–Crippen MR) is 128 cm³/mol. The summed E-state index contributed by atoms with van der Waals surface area (Å²) in [6.45, 7) is 18.1. The van der Waals surface area contributed by atoms with Crippen LogP contribution in [0.5, 0.6) is 0 Å². The molecule has 2 saturated carbocycles. The zero-order valence-electron chi connectivity index (χ0n) is 20.2. The molecule has 164 valence electrons. The second-order valence-corrected chi connectivity index (χ2v) is 11.6. The molecule has 0 aromatic rings. The van der Waals surface area contributed by atoms with Crippen molar-refractivity contribution in [1.29, 1.82) is 0 Å². The van der Waals surface area contributed by atoms with Gasteiger partial charge in [0.25, 0.3) is 0 Å². The summed E-state index contributed by atoms with van der Waals surface area (Å²) in [5.74, 6) is 9.05. The van der Waals surface area contributed by atoms with Crippen molar-refractivity contribution in [3.63, 3.8) is 0 Å². The van der Waals surface area contributed by atoms with Gasteiger partial charge >= 0.3 is 0 Å². The quantitative estimate of drug-likeness (QED) is 0.268. The molecule has 30 heavy (non-hydrogen) atoms. The SMILES string of the molecule is C=C1C(C)CC(C=O)CC1C=C1CCCC2(C)C(C(C)CC#CC(C)(C)C)=CCC12. The van der Waals surface area contributed by atoms with Gasteiger partial charge in [0.15, 0.2) is 0 Å². The Balaban J connectivity index is 1.78. The summed E-state index contributed by atoms with van der Waals surface area (Å²) in [6.07, 6.45) is 14.1. The van der Waals surface area contributed by atoms with Gasteiger partial charge in [-0.05, 0) is 88.4 Å². The molecule has 3 rings (SSSR count). The molecule has 0 radical (unpaired) electrons. The van der Waals surface area contributed by atoms with Gasteiger partial charge in [-0.15, -0.1) is 5.92 Å². The van der Waals surface area contributed by atoms with E-state index in [-0.39, 0.29) is 16.7 Å². The zero-order valence-corrected chi connectivity index (χ0v) is 20.2. The Morgan fingerprint density at radius 3 is 2.73 bits per heavy atom. The third-order valence-electron chi connectivity index (χ3n) is 7.94. The van der Waals surface area contributed by atoms with E-state index in [0.717, 1.165) is 19.3 Å². The Kier molecular flexibility index (Phi) is 6.86. The van der Waals surface area contributed by atoms with Crippen LogP contribution in [0.15, 0.2) is 35.5 Å². The van der Waals surface area contributed by atoms with Crippen LogP contribution in [0.4, 0.5) is 0 Å². The van der Waals surface area contributed by atoms with E-state index in [2.05, 4.69) is 72.1 Å². The number of carbonyl (C=O) groups excluding carboxylic acids is 1. The fraction of sp³-hybridized carbons (Fsp3) is 0.690. The van der Waals surface area contributed by atoms with Crippen molar-refractivity contribution in [3.8, 4) is 11.8 Å². The second-order valence-electron chi connectivity index (χ2n) is 11.6. The van der Waals surface area contributed by atoms with Gasteiger partial charge in [-0.2, -0.15) is 0 Å². The molecule has 0 N–H and O–H groups in total. The minimum Gasteiger partial charge on any atom is -0.303 e. The number of fused-ring (bicyclic) bond motifs is 1. The fourth-order valence-corrected chi connectivity index (χ4v) is 6.28. The summed E-state index contributed by atoms with van der Waals surface area (Å²) < 4.78 is 0. The van der Waals surface area contributed by atoms with Crippen LogP contribution in [0, 0.1) is 52.3 Å². The van der Waals surface area contributed by atoms with Gasteiger partial charge in [0.2, 0.25) is 0 Å². The van der Waals surface area contributed by atoms with Gasteiger partial charge in [0.05, 0.1) is 0 Å². The minimum absolute atomic E-state index is 0.0792. The molecule has 1 nitrogen and oxygen atoms in total. The topological polar surface area (TPSA) is 17.1 Å². The summed E-state index contributed by atoms with van der Waals surface area (Å²) in [5.41, 5.74) is 4.97. The number of allylic oxidation sites excluding steroid dienone is 5. The van der Waals surface area contributed by atoms with Crippen LogP contribution in [0.3, 0.4) is 0 Å². The van der Waals surface area contributed by atoms with E-state index in [0.29, 0.717) is 23.7 Å². The fourth-order valence-electron chi connectivity index (χ4n) is 6.28. The molecule has 1 heteroatoms. The molecule has 0 aliphatic heterocycles. The molecule has 0 aromatic carbocycles. The zero-order chi connectivity index (χ0) is 22.1. The van der Waals surface area contributed by atoms with Crippen LogP contribution in [-0.2, 0) is 4.79 Å². The van der Waals surface area contributed by atoms with Gasteiger partial charge in [0.1, 0.15) is 6.29 Å². The average molecular weight is 407 g/mol. The first kappa shape index (κ1) is 23.1. The van der Waals surface area contributed by atoms with E-state index in [1.165, 1.54) is 37.5 Å². The lowest BCUT2D eigenvalue weighted by Gasteiger charge is -2.43. The highest BCUT2D eigenvalue weighted by atomic mass is 16.1. The van der Waals surface area contributed by atoms with Crippen molar-refractivity contribution in [2.45, 2.75) is 86.5 Å². The maximum Gasteiger partial charge on any atom is 0.123 e. The molecule has 3 aliphatic rings. The summed E-state index contributed by atoms with van der Waals surface area (Å²) >= 11 is 0. The van der Waals surface area contributed by atoms with E-state index in [1.54, 1.807) is 11.1 Å². The van der Waals surface area contributed by atoms with Gasteiger partial charge in [0, 0.05) is 17.8 Å². The third kappa shape index (κ3) is 4.85. The molecule has 2 fully saturated rings. The highest BCUT2D eigenvalue weighted by Gasteiger charge is 2.46. The van der Waals surface area contributed by atoms with Crippen molar-refractivity contribution < 1.29 is 4.79 Å². The summed E-state index contributed by atoms with van der Waals surface area (Å²) in [6, 6.07) is 0. The van der Waals surface area contributed by atoms with E-state index < -0.39 is 0 Å². The molecule has 0 bridgehead atoms. The molecule has 0 spiro atoms. The number of rotatable bonds is 4. The Bertz CT molecular complexity index is 792. The summed E-state index contributed by atoms with van der Waals surface area (Å²) in [7, 11) is 0. The van der Waals surface area contributed by atoms with Crippen LogP contribution in [0.2, 0.25) is 0 Å². The Hall–Kier alpha value is -1.55. The van der Waals surface area contributed by atoms with Gasteiger partial charge in [-0.25, -0.2) is 0 Å². The lowest BCUT2D eigenvalue weighted by Crippen LogP contribution is -2.33. The molecule has 3 aliphatic carbocycles. The van der Waals surface area contributed by atoms with Crippen LogP contribution in [0.1, 0.15) is 86.5 Å². The molecule has 6 atom stereocenters. The van der Waals surface area contributed by atoms with E-state index in [4.69, 9.17) is 0 Å². The second kappa shape index (κ2) is 8.90. The van der Waals surface area contributed by atoms with Crippen molar-refractivity contribution in [1.82, 2.24) is 0 Å². The van der Waals surface area contributed by atoms with Crippen molar-refractivity contribution in [2.75, 3.05) is 0 Å². The number of hydrogen-bond donors (Lipinski definition) is 0. The van der Waals surface area contributed by atoms with E-state index >= 15 is 0 Å². The van der Waals surface area contributed by atoms with Gasteiger partial charge in [-0.3, -0.25) is 0 Å². The smallest absolute Gasteiger partial charge is 0.123 e. The lowest BCUT2D eigenvalue weighted by atomic mass is 9.61. The average Bonchev–Trinajstić information content (AvgIpc) is 3.02. The third-order valence-corrected chi connectivity index (χ3v) is 7.94. The largest absolute Gasteiger partial charge is 0.303 e. The van der Waals surface area contributed by atoms with Crippen molar-refractivity contribution >= 4 is 6.29 Å². The van der Waals surface area contributed by atoms with Crippen LogP contribution < -0.4 is 0 Å². The summed E-state index contributed by atoms with van der Waals surface area (Å²) in [4.78, 5) is 11.5.